The highest BCUT2D eigenvalue weighted by Crippen LogP contribution is 2.31. The Morgan fingerprint density at radius 2 is 2.20 bits per heavy atom. The number of benzene rings is 1. The van der Waals surface area contributed by atoms with Crippen molar-refractivity contribution in [3.8, 4) is 23.1 Å². The van der Waals surface area contributed by atoms with Gasteiger partial charge in [0.2, 0.25) is 0 Å². The highest BCUT2D eigenvalue weighted by atomic mass is 35.5. The van der Waals surface area contributed by atoms with Crippen LogP contribution in [0.5, 0.6) is 5.75 Å². The Hall–Kier alpha value is -3.24. The SMILES string of the molecule is Cn1cc(-c2nccc(C(C#N)=Nc3ccc(F)c(Cl)c3)c2O)cn1. The maximum absolute atomic E-state index is 13.2. The van der Waals surface area contributed by atoms with Gasteiger partial charge in [-0.3, -0.25) is 9.67 Å². The van der Waals surface area contributed by atoms with E-state index in [9.17, 15) is 14.8 Å². The molecule has 0 bridgehead atoms. The molecule has 124 valence electrons. The van der Waals surface area contributed by atoms with E-state index in [-0.39, 0.29) is 27.7 Å². The Labute approximate surface area is 147 Å². The number of hydrogen-bond donors (Lipinski definition) is 1. The highest BCUT2D eigenvalue weighted by Gasteiger charge is 2.16. The number of aryl methyl sites for hydroxylation is 1. The molecular weight excluding hydrogens is 345 g/mol. The van der Waals surface area contributed by atoms with Crippen LogP contribution in [0.3, 0.4) is 0 Å². The van der Waals surface area contributed by atoms with Gasteiger partial charge >= 0.3 is 0 Å². The first kappa shape index (κ1) is 16.6. The summed E-state index contributed by atoms with van der Waals surface area (Å²) in [7, 11) is 1.74. The summed E-state index contributed by atoms with van der Waals surface area (Å²) in [5.74, 6) is -0.770. The maximum atomic E-state index is 13.2. The standard InChI is InChI=1S/C17H11ClFN5O/c1-24-9-10(8-22-24)16-17(25)12(4-5-21-16)15(7-20)23-11-2-3-14(19)13(18)6-11/h2-6,8-9,25H,1H3. The summed E-state index contributed by atoms with van der Waals surface area (Å²) in [5.41, 5.74) is 1.33. The molecule has 0 saturated heterocycles. The molecule has 0 aliphatic carbocycles. The predicted octanol–water partition coefficient (Wildman–Crippen LogP) is 3.62. The van der Waals surface area contributed by atoms with Crippen LogP contribution in [0.25, 0.3) is 11.3 Å². The number of aromatic nitrogens is 3. The molecule has 2 aromatic heterocycles. The molecule has 0 atom stereocenters. The minimum atomic E-state index is -0.579. The van der Waals surface area contributed by atoms with Gasteiger partial charge in [-0.2, -0.15) is 10.4 Å². The van der Waals surface area contributed by atoms with Gasteiger partial charge in [-0.15, -0.1) is 0 Å². The van der Waals surface area contributed by atoms with E-state index in [0.717, 1.165) is 6.07 Å². The van der Waals surface area contributed by atoms with Crippen molar-refractivity contribution in [1.82, 2.24) is 14.8 Å². The lowest BCUT2D eigenvalue weighted by Crippen LogP contribution is -1.99. The number of halogens is 2. The topological polar surface area (TPSA) is 87.1 Å². The van der Waals surface area contributed by atoms with Gasteiger partial charge in [-0.05, 0) is 24.3 Å². The zero-order chi connectivity index (χ0) is 18.0. The summed E-state index contributed by atoms with van der Waals surface area (Å²) in [6, 6.07) is 7.25. The van der Waals surface area contributed by atoms with Crippen molar-refractivity contribution in [2.45, 2.75) is 0 Å². The van der Waals surface area contributed by atoms with Crippen LogP contribution in [0, 0.1) is 17.1 Å². The van der Waals surface area contributed by atoms with Crippen LogP contribution in [0.4, 0.5) is 10.1 Å². The zero-order valence-electron chi connectivity index (χ0n) is 13.0. The van der Waals surface area contributed by atoms with Gasteiger partial charge in [0.15, 0.2) is 11.5 Å². The molecule has 0 spiro atoms. The van der Waals surface area contributed by atoms with Crippen LogP contribution < -0.4 is 0 Å². The van der Waals surface area contributed by atoms with E-state index in [1.54, 1.807) is 24.1 Å². The van der Waals surface area contributed by atoms with E-state index in [4.69, 9.17) is 11.6 Å². The number of rotatable bonds is 3. The van der Waals surface area contributed by atoms with Gasteiger partial charge in [0, 0.05) is 25.0 Å². The van der Waals surface area contributed by atoms with E-state index >= 15 is 0 Å². The van der Waals surface area contributed by atoms with Crippen LogP contribution >= 0.6 is 11.6 Å². The summed E-state index contributed by atoms with van der Waals surface area (Å²) in [6.45, 7) is 0. The van der Waals surface area contributed by atoms with Gasteiger partial charge in [0.1, 0.15) is 17.6 Å². The molecule has 3 rings (SSSR count). The molecule has 2 heterocycles. The first-order valence-electron chi connectivity index (χ1n) is 7.11. The Bertz CT molecular complexity index is 1020. The molecule has 0 aliphatic rings. The van der Waals surface area contributed by atoms with Gasteiger partial charge in [-0.1, -0.05) is 11.6 Å². The van der Waals surface area contributed by atoms with Crippen LogP contribution in [0.1, 0.15) is 5.56 Å². The van der Waals surface area contributed by atoms with Crippen molar-refractivity contribution in [2.75, 3.05) is 0 Å². The fraction of sp³-hybridized carbons (Fsp3) is 0.0588. The largest absolute Gasteiger partial charge is 0.505 e. The smallest absolute Gasteiger partial charge is 0.152 e. The van der Waals surface area contributed by atoms with Crippen molar-refractivity contribution in [2.24, 2.45) is 12.0 Å². The average Bonchev–Trinajstić information content (AvgIpc) is 3.02. The van der Waals surface area contributed by atoms with E-state index in [1.807, 2.05) is 6.07 Å². The fourth-order valence-electron chi connectivity index (χ4n) is 2.23. The Balaban J connectivity index is 2.09. The molecule has 6 nitrogen and oxygen atoms in total. The highest BCUT2D eigenvalue weighted by molar-refractivity contribution is 6.31. The van der Waals surface area contributed by atoms with E-state index in [2.05, 4.69) is 15.1 Å². The Kier molecular flexibility index (Phi) is 4.46. The second kappa shape index (κ2) is 6.71. The van der Waals surface area contributed by atoms with Gasteiger partial charge < -0.3 is 5.11 Å². The molecule has 1 N–H and O–H groups in total. The molecule has 0 unspecified atom stereocenters. The second-order valence-corrected chi connectivity index (χ2v) is 5.54. The molecule has 8 heteroatoms. The third-order valence-corrected chi connectivity index (χ3v) is 3.70. The van der Waals surface area contributed by atoms with Crippen molar-refractivity contribution in [3.05, 3.63) is 59.3 Å². The molecular formula is C17H11ClFN5O. The van der Waals surface area contributed by atoms with E-state index < -0.39 is 5.82 Å². The van der Waals surface area contributed by atoms with Crippen molar-refractivity contribution in [3.63, 3.8) is 0 Å². The lowest BCUT2D eigenvalue weighted by Gasteiger charge is -2.06. The molecule has 25 heavy (non-hydrogen) atoms. The Morgan fingerprint density at radius 3 is 2.84 bits per heavy atom. The maximum Gasteiger partial charge on any atom is 0.152 e. The number of aromatic hydroxyl groups is 1. The quantitative estimate of drug-likeness (QED) is 0.727. The normalized spacial score (nSPS) is 11.4. The van der Waals surface area contributed by atoms with Crippen molar-refractivity contribution in [1.29, 1.82) is 5.26 Å². The molecule has 3 aromatic rings. The number of hydrogen-bond acceptors (Lipinski definition) is 5. The number of pyridine rings is 1. The summed E-state index contributed by atoms with van der Waals surface area (Å²) >= 11 is 5.73. The van der Waals surface area contributed by atoms with Gasteiger partial charge in [0.25, 0.3) is 0 Å². The Morgan fingerprint density at radius 1 is 1.40 bits per heavy atom. The van der Waals surface area contributed by atoms with Crippen LogP contribution in [-0.4, -0.2) is 25.6 Å². The third-order valence-electron chi connectivity index (χ3n) is 3.41. The number of nitriles is 1. The lowest BCUT2D eigenvalue weighted by molar-refractivity contribution is 0.474. The summed E-state index contributed by atoms with van der Waals surface area (Å²) in [6.07, 6.45) is 4.70. The van der Waals surface area contributed by atoms with E-state index in [0.29, 0.717) is 11.3 Å². The average molecular weight is 356 g/mol. The minimum Gasteiger partial charge on any atom is -0.505 e. The lowest BCUT2D eigenvalue weighted by atomic mass is 10.1. The zero-order valence-corrected chi connectivity index (χ0v) is 13.7. The summed E-state index contributed by atoms with van der Waals surface area (Å²) in [4.78, 5) is 8.28. The van der Waals surface area contributed by atoms with Gasteiger partial charge in [0.05, 0.1) is 22.5 Å². The van der Waals surface area contributed by atoms with Crippen LogP contribution in [0.2, 0.25) is 5.02 Å². The van der Waals surface area contributed by atoms with Gasteiger partial charge in [-0.25, -0.2) is 9.38 Å². The molecule has 0 fully saturated rings. The molecule has 0 aliphatic heterocycles. The van der Waals surface area contributed by atoms with Crippen LogP contribution in [0.15, 0.2) is 47.8 Å². The minimum absolute atomic E-state index is 0.0484. The van der Waals surface area contributed by atoms with E-state index in [1.165, 1.54) is 24.4 Å². The molecule has 0 saturated carbocycles. The first-order valence-corrected chi connectivity index (χ1v) is 7.48. The third kappa shape index (κ3) is 3.34. The van der Waals surface area contributed by atoms with Crippen LogP contribution in [-0.2, 0) is 7.05 Å². The first-order chi connectivity index (χ1) is 12.0. The molecule has 0 radical (unpaired) electrons. The summed E-state index contributed by atoms with van der Waals surface area (Å²) < 4.78 is 14.8. The monoisotopic (exact) mass is 355 g/mol. The molecule has 0 amide bonds. The fourth-order valence-corrected chi connectivity index (χ4v) is 2.40. The number of aliphatic imine (C=N–C) groups is 1. The summed E-state index contributed by atoms with van der Waals surface area (Å²) in [5, 5.41) is 23.9. The predicted molar refractivity (Wildman–Crippen MR) is 91.3 cm³/mol. The van der Waals surface area contributed by atoms with Crippen molar-refractivity contribution >= 4 is 23.0 Å². The van der Waals surface area contributed by atoms with Crippen molar-refractivity contribution < 1.29 is 9.50 Å². The molecule has 1 aromatic carbocycles. The number of nitrogens with zero attached hydrogens (tertiary/aromatic N) is 5. The second-order valence-electron chi connectivity index (χ2n) is 5.13.